The summed E-state index contributed by atoms with van der Waals surface area (Å²) in [7, 11) is 0. The van der Waals surface area contributed by atoms with Crippen LogP contribution in [0.5, 0.6) is 0 Å². The Labute approximate surface area is 136 Å². The molecule has 2 amide bonds. The minimum atomic E-state index is -0.887. The largest absolute Gasteiger partial charge is 0.351 e. The van der Waals surface area contributed by atoms with Crippen LogP contribution in [0.1, 0.15) is 51.0 Å². The predicted molar refractivity (Wildman–Crippen MR) is 85.0 cm³/mol. The van der Waals surface area contributed by atoms with Gasteiger partial charge < -0.3 is 10.2 Å². The summed E-state index contributed by atoms with van der Waals surface area (Å²) in [6.07, 6.45) is 5.10. The number of hydrogen-bond donors (Lipinski definition) is 1. The quantitative estimate of drug-likeness (QED) is 0.928. The Bertz CT molecular complexity index is 613. The molecule has 1 aliphatic heterocycles. The zero-order valence-corrected chi connectivity index (χ0v) is 13.5. The molecule has 2 aliphatic rings. The lowest BCUT2D eigenvalue weighted by Gasteiger charge is -2.35. The Morgan fingerprint density at radius 1 is 1.35 bits per heavy atom. The highest BCUT2D eigenvalue weighted by atomic mass is 19.1. The van der Waals surface area contributed by atoms with Gasteiger partial charge in [-0.1, -0.05) is 31.0 Å². The third kappa shape index (κ3) is 3.09. The zero-order chi connectivity index (χ0) is 16.4. The highest BCUT2D eigenvalue weighted by Crippen LogP contribution is 2.33. The predicted octanol–water partition coefficient (Wildman–Crippen LogP) is 2.77. The lowest BCUT2D eigenvalue weighted by molar-refractivity contribution is -0.141. The topological polar surface area (TPSA) is 49.4 Å². The maximum Gasteiger partial charge on any atom is 0.245 e. The van der Waals surface area contributed by atoms with Gasteiger partial charge in [-0.3, -0.25) is 9.59 Å². The van der Waals surface area contributed by atoms with Gasteiger partial charge in [0.2, 0.25) is 11.8 Å². The van der Waals surface area contributed by atoms with E-state index in [4.69, 9.17) is 0 Å². The van der Waals surface area contributed by atoms with Gasteiger partial charge in [-0.25, -0.2) is 4.39 Å². The van der Waals surface area contributed by atoms with Crippen molar-refractivity contribution in [3.05, 3.63) is 35.6 Å². The van der Waals surface area contributed by atoms with Crippen molar-refractivity contribution in [2.24, 2.45) is 0 Å². The minimum absolute atomic E-state index is 0.0858. The van der Waals surface area contributed by atoms with E-state index in [0.717, 1.165) is 25.7 Å². The van der Waals surface area contributed by atoms with E-state index >= 15 is 0 Å². The molecule has 0 unspecified atom stereocenters. The fourth-order valence-electron chi connectivity index (χ4n) is 3.60. The van der Waals surface area contributed by atoms with Gasteiger partial charge in [-0.05, 0) is 32.3 Å². The Hall–Kier alpha value is -1.91. The summed E-state index contributed by atoms with van der Waals surface area (Å²) in [5.74, 6) is -0.533. The number of rotatable bonds is 4. The molecular formula is C18H23FN2O2. The van der Waals surface area contributed by atoms with Crippen molar-refractivity contribution in [3.63, 3.8) is 0 Å². The van der Waals surface area contributed by atoms with Crippen LogP contribution < -0.4 is 5.32 Å². The molecule has 0 radical (unpaired) electrons. The fourth-order valence-corrected chi connectivity index (χ4v) is 3.60. The molecule has 1 aromatic rings. The third-order valence-electron chi connectivity index (χ3n) is 5.19. The zero-order valence-electron chi connectivity index (χ0n) is 13.5. The van der Waals surface area contributed by atoms with Crippen molar-refractivity contribution >= 4 is 11.8 Å². The van der Waals surface area contributed by atoms with Crippen molar-refractivity contribution in [1.82, 2.24) is 10.2 Å². The Morgan fingerprint density at radius 2 is 2.04 bits per heavy atom. The molecule has 0 spiro atoms. The van der Waals surface area contributed by atoms with E-state index in [-0.39, 0.29) is 30.2 Å². The van der Waals surface area contributed by atoms with Crippen LogP contribution in [0, 0.1) is 5.82 Å². The lowest BCUT2D eigenvalue weighted by Crippen LogP contribution is -2.55. The molecule has 3 rings (SSSR count). The summed E-state index contributed by atoms with van der Waals surface area (Å²) >= 11 is 0. The van der Waals surface area contributed by atoms with Gasteiger partial charge in [-0.15, -0.1) is 0 Å². The molecule has 124 valence electrons. The average Bonchev–Trinajstić information content (AvgIpc) is 3.13. The summed E-state index contributed by atoms with van der Waals surface area (Å²) in [5, 5.41) is 3.09. The van der Waals surface area contributed by atoms with Crippen molar-refractivity contribution in [2.75, 3.05) is 0 Å². The molecule has 1 atom stereocenters. The number of amides is 2. The number of nitrogens with zero attached hydrogens (tertiary/aromatic N) is 1. The number of likely N-dealkylation sites (tertiary alicyclic amines) is 1. The van der Waals surface area contributed by atoms with Crippen LogP contribution in [0.4, 0.5) is 4.39 Å². The summed E-state index contributed by atoms with van der Waals surface area (Å²) in [5.41, 5.74) is -0.440. The molecule has 4 nitrogen and oxygen atoms in total. The highest BCUT2D eigenvalue weighted by Gasteiger charge is 2.47. The first kappa shape index (κ1) is 16.0. The second-order valence-corrected chi connectivity index (χ2v) is 6.80. The van der Waals surface area contributed by atoms with E-state index in [9.17, 15) is 14.0 Å². The average molecular weight is 318 g/mol. The third-order valence-corrected chi connectivity index (χ3v) is 5.19. The van der Waals surface area contributed by atoms with E-state index in [1.807, 2.05) is 0 Å². The van der Waals surface area contributed by atoms with Gasteiger partial charge in [0.1, 0.15) is 11.4 Å². The van der Waals surface area contributed by atoms with Crippen LogP contribution in [0.2, 0.25) is 0 Å². The molecule has 5 heteroatoms. The highest BCUT2D eigenvalue weighted by molar-refractivity contribution is 5.94. The lowest BCUT2D eigenvalue weighted by atomic mass is 9.96. The van der Waals surface area contributed by atoms with Gasteiger partial charge in [0, 0.05) is 24.6 Å². The van der Waals surface area contributed by atoms with E-state index in [1.54, 1.807) is 25.1 Å². The summed E-state index contributed by atoms with van der Waals surface area (Å²) in [6, 6.07) is 6.62. The molecule has 1 heterocycles. The van der Waals surface area contributed by atoms with E-state index in [0.29, 0.717) is 18.4 Å². The van der Waals surface area contributed by atoms with E-state index < -0.39 is 5.54 Å². The van der Waals surface area contributed by atoms with Crippen molar-refractivity contribution in [2.45, 2.75) is 63.6 Å². The van der Waals surface area contributed by atoms with Gasteiger partial charge >= 0.3 is 0 Å². The van der Waals surface area contributed by atoms with Gasteiger partial charge in [0.15, 0.2) is 0 Å². The van der Waals surface area contributed by atoms with Crippen LogP contribution in [-0.2, 0) is 16.1 Å². The van der Waals surface area contributed by atoms with Crippen molar-refractivity contribution in [1.29, 1.82) is 0 Å². The minimum Gasteiger partial charge on any atom is -0.351 e. The monoisotopic (exact) mass is 318 g/mol. The molecule has 1 aromatic carbocycles. The Kier molecular flexibility index (Phi) is 4.37. The first-order valence-electron chi connectivity index (χ1n) is 8.35. The fraction of sp³-hybridized carbons (Fsp3) is 0.556. The van der Waals surface area contributed by atoms with Crippen molar-refractivity contribution in [3.8, 4) is 0 Å². The van der Waals surface area contributed by atoms with Crippen LogP contribution in [0.15, 0.2) is 24.3 Å². The number of benzene rings is 1. The molecule has 1 N–H and O–H groups in total. The number of carbonyl (C=O) groups excluding carboxylic acids is 2. The summed E-state index contributed by atoms with van der Waals surface area (Å²) in [4.78, 5) is 26.6. The van der Waals surface area contributed by atoms with Crippen LogP contribution in [0.3, 0.4) is 0 Å². The molecule has 0 bridgehead atoms. The summed E-state index contributed by atoms with van der Waals surface area (Å²) in [6.45, 7) is 1.93. The van der Waals surface area contributed by atoms with Crippen molar-refractivity contribution < 1.29 is 14.0 Å². The maximum atomic E-state index is 13.9. The molecule has 23 heavy (non-hydrogen) atoms. The second-order valence-electron chi connectivity index (χ2n) is 6.80. The number of halogens is 1. The van der Waals surface area contributed by atoms with E-state index in [2.05, 4.69) is 5.32 Å². The van der Waals surface area contributed by atoms with Crippen LogP contribution >= 0.6 is 0 Å². The molecule has 1 saturated carbocycles. The maximum absolute atomic E-state index is 13.9. The Balaban J connectivity index is 1.77. The standard InChI is InChI=1S/C18H23FN2O2/c1-18(17(23)20-14-7-3-4-8-14)11-10-16(22)21(18)12-13-6-2-5-9-15(13)19/h2,5-6,9,14H,3-4,7-8,10-12H2,1H3,(H,20,23)/t18-/m1/s1. The number of nitrogens with one attached hydrogen (secondary N) is 1. The van der Waals surface area contributed by atoms with Gasteiger partial charge in [0.05, 0.1) is 0 Å². The van der Waals surface area contributed by atoms with Crippen LogP contribution in [-0.4, -0.2) is 28.3 Å². The molecule has 2 fully saturated rings. The van der Waals surface area contributed by atoms with Crippen LogP contribution in [0.25, 0.3) is 0 Å². The first-order valence-corrected chi connectivity index (χ1v) is 8.35. The van der Waals surface area contributed by atoms with Gasteiger partial charge in [0.25, 0.3) is 0 Å². The van der Waals surface area contributed by atoms with Gasteiger partial charge in [-0.2, -0.15) is 0 Å². The normalized spacial score (nSPS) is 25.1. The second kappa shape index (κ2) is 6.30. The Morgan fingerprint density at radius 3 is 2.74 bits per heavy atom. The molecular weight excluding hydrogens is 295 g/mol. The first-order chi connectivity index (χ1) is 11.0. The molecule has 1 aliphatic carbocycles. The molecule has 0 aromatic heterocycles. The number of carbonyl (C=O) groups is 2. The smallest absolute Gasteiger partial charge is 0.245 e. The number of hydrogen-bond acceptors (Lipinski definition) is 2. The van der Waals surface area contributed by atoms with E-state index in [1.165, 1.54) is 11.0 Å². The SMILES string of the molecule is C[C@]1(C(=O)NC2CCCC2)CCC(=O)N1Cc1ccccc1F. The summed E-state index contributed by atoms with van der Waals surface area (Å²) < 4.78 is 13.9. The molecule has 1 saturated heterocycles.